The van der Waals surface area contributed by atoms with Crippen LogP contribution in [-0.2, 0) is 11.2 Å². The predicted octanol–water partition coefficient (Wildman–Crippen LogP) is 5.77. The van der Waals surface area contributed by atoms with Gasteiger partial charge in [-0.15, -0.1) is 0 Å². The number of nitrogens with one attached hydrogen (secondary N) is 1. The number of nitrogen functional groups attached to an aromatic ring is 1. The van der Waals surface area contributed by atoms with Crippen molar-refractivity contribution in [2.45, 2.75) is 38.6 Å². The monoisotopic (exact) mass is 555 g/mol. The van der Waals surface area contributed by atoms with Crippen LogP contribution < -0.4 is 11.1 Å². The third kappa shape index (κ3) is 4.04. The predicted molar refractivity (Wildman–Crippen MR) is 129 cm³/mol. The van der Waals surface area contributed by atoms with Crippen molar-refractivity contribution in [3.8, 4) is 0 Å². The number of anilines is 1. The van der Waals surface area contributed by atoms with Gasteiger partial charge in [0, 0.05) is 28.2 Å². The molecule has 2 aliphatic heterocycles. The lowest BCUT2D eigenvalue weighted by molar-refractivity contribution is 0.104. The minimum Gasteiger partial charge on any atom is -0.450 e. The first-order chi connectivity index (χ1) is 14.4. The summed E-state index contributed by atoms with van der Waals surface area (Å²) in [5, 5.41) is 4.16. The Kier molecular flexibility index (Phi) is 6.51. The summed E-state index contributed by atoms with van der Waals surface area (Å²) in [6, 6.07) is 2.08. The second-order valence-corrected chi connectivity index (χ2v) is 9.79. The number of aryl methyl sites for hydroxylation is 1. The minimum atomic E-state index is -0.233. The molecule has 8 heteroatoms. The lowest BCUT2D eigenvalue weighted by Crippen LogP contribution is -2.38. The fourth-order valence-corrected chi connectivity index (χ4v) is 5.92. The molecule has 30 heavy (non-hydrogen) atoms. The Morgan fingerprint density at radius 3 is 2.73 bits per heavy atom. The van der Waals surface area contributed by atoms with Crippen molar-refractivity contribution in [2.75, 3.05) is 25.4 Å². The number of likely N-dealkylation sites (tertiary alicyclic amines) is 1. The smallest absolute Gasteiger partial charge is 0.409 e. The van der Waals surface area contributed by atoms with Gasteiger partial charge in [0.1, 0.15) is 0 Å². The number of carbonyl (C=O) groups is 1. The normalized spacial score (nSPS) is 21.1. The molecule has 1 amide bonds. The van der Waals surface area contributed by atoms with Crippen LogP contribution in [0.15, 0.2) is 38.4 Å². The molecular formula is C22H24Br2ClN3O2. The zero-order valence-corrected chi connectivity index (χ0v) is 20.7. The Hall–Kier alpha value is -1.44. The van der Waals surface area contributed by atoms with Crippen LogP contribution in [0.25, 0.3) is 5.57 Å². The number of benzene rings is 1. The van der Waals surface area contributed by atoms with Crippen molar-refractivity contribution in [2.24, 2.45) is 0 Å². The number of piperidine rings is 1. The highest BCUT2D eigenvalue weighted by molar-refractivity contribution is 9.12. The SMILES string of the molecule is CCOC(=O)N1CCC(=C2c3c(cc(Cl)c(N)c3Br)CCC3=CC(Br)=CNC32)CC1. The van der Waals surface area contributed by atoms with Crippen molar-refractivity contribution >= 4 is 60.8 Å². The van der Waals surface area contributed by atoms with Crippen LogP contribution in [0.4, 0.5) is 10.5 Å². The molecule has 1 fully saturated rings. The largest absolute Gasteiger partial charge is 0.450 e. The first-order valence-corrected chi connectivity index (χ1v) is 12.1. The van der Waals surface area contributed by atoms with E-state index >= 15 is 0 Å². The average molecular weight is 558 g/mol. The van der Waals surface area contributed by atoms with Gasteiger partial charge in [-0.05, 0) is 98.9 Å². The molecule has 0 aromatic heterocycles. The van der Waals surface area contributed by atoms with Crippen LogP contribution in [0.2, 0.25) is 5.02 Å². The molecule has 5 nitrogen and oxygen atoms in total. The van der Waals surface area contributed by atoms with Crippen molar-refractivity contribution in [1.29, 1.82) is 0 Å². The molecule has 0 spiro atoms. The van der Waals surface area contributed by atoms with Crippen LogP contribution in [0.1, 0.15) is 37.3 Å². The second kappa shape index (κ2) is 8.97. The van der Waals surface area contributed by atoms with Gasteiger partial charge in [-0.2, -0.15) is 0 Å². The molecule has 1 aromatic carbocycles. The number of amides is 1. The van der Waals surface area contributed by atoms with Crippen LogP contribution in [-0.4, -0.2) is 36.7 Å². The summed E-state index contributed by atoms with van der Waals surface area (Å²) in [7, 11) is 0. The van der Waals surface area contributed by atoms with Gasteiger partial charge in [-0.3, -0.25) is 0 Å². The van der Waals surface area contributed by atoms with Crippen LogP contribution >= 0.6 is 43.5 Å². The maximum absolute atomic E-state index is 12.1. The quantitative estimate of drug-likeness (QED) is 0.430. The molecule has 1 unspecified atom stereocenters. The lowest BCUT2D eigenvalue weighted by atomic mass is 9.84. The lowest BCUT2D eigenvalue weighted by Gasteiger charge is -2.33. The number of carbonyl (C=O) groups excluding carboxylic acids is 1. The number of hydrogen-bond donors (Lipinski definition) is 2. The third-order valence-electron chi connectivity index (χ3n) is 5.93. The van der Waals surface area contributed by atoms with Crippen LogP contribution in [0, 0.1) is 0 Å². The minimum absolute atomic E-state index is 0.0774. The molecule has 3 N–H and O–H groups in total. The van der Waals surface area contributed by atoms with E-state index in [2.05, 4.69) is 43.3 Å². The van der Waals surface area contributed by atoms with Crippen molar-refractivity contribution in [3.05, 3.63) is 54.6 Å². The van der Waals surface area contributed by atoms with E-state index < -0.39 is 0 Å². The van der Waals surface area contributed by atoms with Crippen molar-refractivity contribution in [3.63, 3.8) is 0 Å². The number of nitrogens with two attached hydrogens (primary N) is 1. The van der Waals surface area contributed by atoms with E-state index in [1.165, 1.54) is 22.3 Å². The Balaban J connectivity index is 1.80. The summed E-state index contributed by atoms with van der Waals surface area (Å²) in [5.41, 5.74) is 13.1. The van der Waals surface area contributed by atoms with Gasteiger partial charge in [0.25, 0.3) is 0 Å². The molecule has 0 radical (unpaired) electrons. The molecule has 4 rings (SSSR count). The summed E-state index contributed by atoms with van der Waals surface area (Å²) in [4.78, 5) is 13.9. The van der Waals surface area contributed by atoms with E-state index in [-0.39, 0.29) is 12.1 Å². The Bertz CT molecular complexity index is 977. The maximum atomic E-state index is 12.1. The third-order valence-corrected chi connectivity index (χ3v) is 7.53. The van der Waals surface area contributed by atoms with Gasteiger partial charge in [0.2, 0.25) is 0 Å². The number of fused-ring (bicyclic) bond motifs is 2. The molecule has 2 heterocycles. The summed E-state index contributed by atoms with van der Waals surface area (Å²) in [5.74, 6) is 0. The summed E-state index contributed by atoms with van der Waals surface area (Å²) in [6.45, 7) is 3.53. The van der Waals surface area contributed by atoms with Crippen LogP contribution in [0.5, 0.6) is 0 Å². The van der Waals surface area contributed by atoms with Gasteiger partial charge < -0.3 is 20.7 Å². The zero-order valence-electron chi connectivity index (χ0n) is 16.7. The van der Waals surface area contributed by atoms with Gasteiger partial charge >= 0.3 is 6.09 Å². The number of dihydropyridines is 1. The van der Waals surface area contributed by atoms with E-state index in [1.54, 1.807) is 4.90 Å². The Morgan fingerprint density at radius 1 is 1.30 bits per heavy atom. The second-order valence-electron chi connectivity index (χ2n) is 7.67. The topological polar surface area (TPSA) is 67.6 Å². The average Bonchev–Trinajstić information content (AvgIpc) is 2.89. The van der Waals surface area contributed by atoms with Gasteiger partial charge in [-0.25, -0.2) is 4.79 Å². The molecular weight excluding hydrogens is 534 g/mol. The first kappa shape index (κ1) is 21.8. The first-order valence-electron chi connectivity index (χ1n) is 10.1. The van der Waals surface area contributed by atoms with Gasteiger partial charge in [0.05, 0.1) is 23.4 Å². The summed E-state index contributed by atoms with van der Waals surface area (Å²) in [6.07, 6.45) is 7.41. The number of halogens is 3. The number of rotatable bonds is 1. The Labute approximate surface area is 198 Å². The number of allylic oxidation sites excluding steroid dienone is 2. The van der Waals surface area contributed by atoms with E-state index in [9.17, 15) is 4.79 Å². The molecule has 1 aromatic rings. The van der Waals surface area contributed by atoms with Crippen molar-refractivity contribution in [1.82, 2.24) is 10.2 Å². The fraction of sp³-hybridized carbons (Fsp3) is 0.409. The van der Waals surface area contributed by atoms with Crippen molar-refractivity contribution < 1.29 is 9.53 Å². The van der Waals surface area contributed by atoms with Gasteiger partial charge in [0.15, 0.2) is 0 Å². The summed E-state index contributed by atoms with van der Waals surface area (Å²) < 4.78 is 7.08. The number of nitrogens with zero attached hydrogens (tertiary/aromatic N) is 1. The number of ether oxygens (including phenoxy) is 1. The number of hydrogen-bond acceptors (Lipinski definition) is 4. The molecule has 0 bridgehead atoms. The van der Waals surface area contributed by atoms with Crippen LogP contribution in [0.3, 0.4) is 0 Å². The molecule has 0 saturated carbocycles. The highest BCUT2D eigenvalue weighted by atomic mass is 79.9. The Morgan fingerprint density at radius 2 is 2.03 bits per heavy atom. The van der Waals surface area contributed by atoms with E-state index in [4.69, 9.17) is 22.1 Å². The maximum Gasteiger partial charge on any atom is 0.409 e. The molecule has 160 valence electrons. The van der Waals surface area contributed by atoms with Gasteiger partial charge in [-0.1, -0.05) is 17.2 Å². The molecule has 1 saturated heterocycles. The highest BCUT2D eigenvalue weighted by Crippen LogP contribution is 2.46. The fourth-order valence-electron chi connectivity index (χ4n) is 4.48. The van der Waals surface area contributed by atoms with E-state index in [0.29, 0.717) is 30.4 Å². The standard InChI is InChI=1S/C22H24Br2ClN3O2/c1-2-30-22(29)28-7-5-12(6-8-28)18-17-13(10-16(25)20(26)19(17)24)3-4-14-9-15(23)11-27-21(14)18/h9-11,21,27H,2-8,26H2,1H3. The molecule has 1 atom stereocenters. The summed E-state index contributed by atoms with van der Waals surface area (Å²) >= 11 is 13.8. The van der Waals surface area contributed by atoms with E-state index in [0.717, 1.165) is 40.2 Å². The highest BCUT2D eigenvalue weighted by Gasteiger charge is 2.33. The molecule has 1 aliphatic carbocycles. The zero-order chi connectivity index (χ0) is 21.4. The van der Waals surface area contributed by atoms with E-state index in [1.807, 2.05) is 19.2 Å². The molecule has 3 aliphatic rings.